The molecule has 8 nitrogen and oxygen atoms in total. The first-order chi connectivity index (χ1) is 14.5. The molecule has 9 heteroatoms. The van der Waals surface area contributed by atoms with Gasteiger partial charge in [-0.05, 0) is 37.0 Å². The van der Waals surface area contributed by atoms with Gasteiger partial charge in [-0.2, -0.15) is 0 Å². The van der Waals surface area contributed by atoms with Crippen molar-refractivity contribution in [2.24, 2.45) is 10.7 Å². The van der Waals surface area contributed by atoms with Crippen molar-refractivity contribution in [1.29, 1.82) is 0 Å². The second-order valence-corrected chi connectivity index (χ2v) is 7.29. The van der Waals surface area contributed by atoms with Gasteiger partial charge in [-0.25, -0.2) is 9.79 Å². The number of halogens is 1. The van der Waals surface area contributed by atoms with Crippen LogP contribution in [-0.2, 0) is 17.8 Å². The van der Waals surface area contributed by atoms with Crippen LogP contribution in [0.1, 0.15) is 30.9 Å². The number of nitrogens with two attached hydrogens (primary N) is 1. The number of carbonyl (C=O) groups is 1. The monoisotopic (exact) mass is 539 g/mol. The highest BCUT2D eigenvalue weighted by Crippen LogP contribution is 2.12. The number of aromatic nitrogens is 1. The third kappa shape index (κ3) is 7.57. The molecule has 0 radical (unpaired) electrons. The summed E-state index contributed by atoms with van der Waals surface area (Å²) in [6.45, 7) is 4.51. The van der Waals surface area contributed by atoms with Crippen molar-refractivity contribution < 1.29 is 9.53 Å². The lowest BCUT2D eigenvalue weighted by Crippen LogP contribution is -2.48. The molecule has 0 aliphatic carbocycles. The number of likely N-dealkylation sites (tertiary alicyclic amines) is 1. The van der Waals surface area contributed by atoms with Crippen LogP contribution in [0.2, 0.25) is 0 Å². The number of amides is 1. The molecule has 0 bridgehead atoms. The number of carbonyl (C=O) groups excluding carboxylic acids is 1. The fraction of sp³-hybridized carbons (Fsp3) is 0.409. The minimum atomic E-state index is -0.252. The fourth-order valence-corrected chi connectivity index (χ4v) is 3.39. The number of nitrogens with one attached hydrogen (secondary N) is 1. The van der Waals surface area contributed by atoms with E-state index in [4.69, 9.17) is 10.5 Å². The first-order valence-electron chi connectivity index (χ1n) is 10.3. The molecule has 3 rings (SSSR count). The number of hydrogen-bond donors (Lipinski definition) is 2. The van der Waals surface area contributed by atoms with Crippen molar-refractivity contribution in [2.75, 3.05) is 19.7 Å². The number of benzene rings is 1. The Hall–Kier alpha value is -2.56. The maximum atomic E-state index is 11.8. The molecule has 2 heterocycles. The molecule has 1 saturated heterocycles. The lowest BCUT2D eigenvalue weighted by molar-refractivity contribution is 0.0963. The molecular weight excluding hydrogens is 509 g/mol. The molecule has 1 aliphatic heterocycles. The lowest BCUT2D eigenvalue weighted by atomic mass is 10.1. The molecular formula is C22H30IN5O3. The van der Waals surface area contributed by atoms with Crippen LogP contribution in [0, 0.1) is 0 Å². The average Bonchev–Trinajstić information content (AvgIpc) is 2.75. The van der Waals surface area contributed by atoms with E-state index in [1.54, 1.807) is 27.8 Å². The minimum absolute atomic E-state index is 0. The van der Waals surface area contributed by atoms with Crippen molar-refractivity contribution in [3.05, 3.63) is 70.1 Å². The zero-order valence-electron chi connectivity index (χ0n) is 17.7. The summed E-state index contributed by atoms with van der Waals surface area (Å²) >= 11 is 0. The highest BCUT2D eigenvalue weighted by atomic mass is 127. The summed E-state index contributed by atoms with van der Waals surface area (Å²) in [6, 6.07) is 13.3. The molecule has 0 saturated carbocycles. The van der Waals surface area contributed by atoms with Crippen molar-refractivity contribution in [3.8, 4) is 0 Å². The van der Waals surface area contributed by atoms with Gasteiger partial charge in [-0.15, -0.1) is 24.0 Å². The Morgan fingerprint density at radius 2 is 1.84 bits per heavy atom. The van der Waals surface area contributed by atoms with Gasteiger partial charge in [0.1, 0.15) is 0 Å². The van der Waals surface area contributed by atoms with E-state index in [0.29, 0.717) is 38.7 Å². The van der Waals surface area contributed by atoms with Crippen molar-refractivity contribution >= 4 is 36.0 Å². The number of nitrogens with zero attached hydrogens (tertiary/aromatic N) is 3. The number of rotatable bonds is 6. The third-order valence-electron chi connectivity index (χ3n) is 5.08. The number of guanidine groups is 1. The largest absolute Gasteiger partial charge is 0.450 e. The van der Waals surface area contributed by atoms with E-state index >= 15 is 0 Å². The van der Waals surface area contributed by atoms with Gasteiger partial charge in [0.2, 0.25) is 0 Å². The van der Waals surface area contributed by atoms with Crippen LogP contribution in [0.5, 0.6) is 0 Å². The van der Waals surface area contributed by atoms with E-state index in [2.05, 4.69) is 10.3 Å². The van der Waals surface area contributed by atoms with Gasteiger partial charge in [-0.1, -0.05) is 30.3 Å². The van der Waals surface area contributed by atoms with E-state index in [9.17, 15) is 9.59 Å². The van der Waals surface area contributed by atoms with Gasteiger partial charge in [0.05, 0.1) is 19.7 Å². The van der Waals surface area contributed by atoms with E-state index in [-0.39, 0.29) is 41.7 Å². The van der Waals surface area contributed by atoms with Gasteiger partial charge in [0, 0.05) is 31.4 Å². The normalized spacial score (nSPS) is 14.6. The molecule has 3 N–H and O–H groups in total. The number of aliphatic imine (C=N–C) groups is 1. The van der Waals surface area contributed by atoms with Gasteiger partial charge in [0.15, 0.2) is 5.96 Å². The summed E-state index contributed by atoms with van der Waals surface area (Å²) in [6.07, 6.45) is 3.15. The molecule has 0 unspecified atom stereocenters. The Balaban J connectivity index is 0.00000341. The average molecular weight is 539 g/mol. The zero-order valence-corrected chi connectivity index (χ0v) is 20.0. The van der Waals surface area contributed by atoms with Gasteiger partial charge in [0.25, 0.3) is 5.56 Å². The molecule has 1 aromatic carbocycles. The first kappa shape index (κ1) is 24.7. The van der Waals surface area contributed by atoms with E-state index in [0.717, 1.165) is 24.0 Å². The predicted octanol–water partition coefficient (Wildman–Crippen LogP) is 2.54. The molecule has 0 atom stereocenters. The Labute approximate surface area is 199 Å². The second kappa shape index (κ2) is 12.3. The fourth-order valence-electron chi connectivity index (χ4n) is 3.39. The summed E-state index contributed by atoms with van der Waals surface area (Å²) in [5, 5.41) is 3.24. The SMILES string of the molecule is CCOC(=O)N1CCC(NC(N)=NCc2ccc(Cn3ccccc3=O)cc2)CC1.I. The number of hydrogen-bond acceptors (Lipinski definition) is 4. The quantitative estimate of drug-likeness (QED) is 0.334. The molecule has 1 fully saturated rings. The Bertz CT molecular complexity index is 921. The maximum absolute atomic E-state index is 11.8. The van der Waals surface area contributed by atoms with Gasteiger partial charge >= 0.3 is 6.09 Å². The summed E-state index contributed by atoms with van der Waals surface area (Å²) < 4.78 is 6.70. The maximum Gasteiger partial charge on any atom is 0.409 e. The van der Waals surface area contributed by atoms with Crippen LogP contribution in [0.15, 0.2) is 58.4 Å². The summed E-state index contributed by atoms with van der Waals surface area (Å²) in [5.41, 5.74) is 8.12. The Morgan fingerprint density at radius 1 is 1.16 bits per heavy atom. The molecule has 1 aliphatic rings. The van der Waals surface area contributed by atoms with E-state index in [1.807, 2.05) is 37.3 Å². The zero-order chi connectivity index (χ0) is 21.3. The van der Waals surface area contributed by atoms with Crippen molar-refractivity contribution in [2.45, 2.75) is 38.9 Å². The molecule has 1 aromatic heterocycles. The van der Waals surface area contributed by atoms with Crippen molar-refractivity contribution in [3.63, 3.8) is 0 Å². The summed E-state index contributed by atoms with van der Waals surface area (Å²) in [5.74, 6) is 0.407. The number of ether oxygens (including phenoxy) is 1. The summed E-state index contributed by atoms with van der Waals surface area (Å²) in [4.78, 5) is 29.7. The second-order valence-electron chi connectivity index (χ2n) is 7.29. The molecule has 0 spiro atoms. The van der Waals surface area contributed by atoms with E-state index in [1.165, 1.54) is 0 Å². The molecule has 1 amide bonds. The topological polar surface area (TPSA) is 102 Å². The Morgan fingerprint density at radius 3 is 2.48 bits per heavy atom. The predicted molar refractivity (Wildman–Crippen MR) is 132 cm³/mol. The van der Waals surface area contributed by atoms with Crippen molar-refractivity contribution in [1.82, 2.24) is 14.8 Å². The van der Waals surface area contributed by atoms with Crippen LogP contribution in [0.3, 0.4) is 0 Å². The molecule has 168 valence electrons. The Kier molecular flexibility index (Phi) is 9.83. The molecule has 31 heavy (non-hydrogen) atoms. The van der Waals surface area contributed by atoms with Crippen LogP contribution < -0.4 is 16.6 Å². The minimum Gasteiger partial charge on any atom is -0.450 e. The van der Waals surface area contributed by atoms with Gasteiger partial charge < -0.3 is 25.3 Å². The highest BCUT2D eigenvalue weighted by molar-refractivity contribution is 14.0. The number of pyridine rings is 1. The van der Waals surface area contributed by atoms with Crippen LogP contribution >= 0.6 is 24.0 Å². The lowest BCUT2D eigenvalue weighted by Gasteiger charge is -2.31. The third-order valence-corrected chi connectivity index (χ3v) is 5.08. The summed E-state index contributed by atoms with van der Waals surface area (Å²) in [7, 11) is 0. The van der Waals surface area contributed by atoms with Gasteiger partial charge in [-0.3, -0.25) is 4.79 Å². The van der Waals surface area contributed by atoms with E-state index < -0.39 is 0 Å². The molecule has 2 aromatic rings. The standard InChI is InChI=1S/C22H29N5O3.HI/c1-2-30-22(29)26-13-10-19(11-14-26)25-21(23)24-15-17-6-8-18(9-7-17)16-27-12-4-3-5-20(27)28;/h3-9,12,19H,2,10-11,13-16H2,1H3,(H3,23,24,25);1H. The highest BCUT2D eigenvalue weighted by Gasteiger charge is 2.23. The number of piperidine rings is 1. The first-order valence-corrected chi connectivity index (χ1v) is 10.3. The van der Waals surface area contributed by atoms with Crippen LogP contribution in [0.25, 0.3) is 0 Å². The smallest absolute Gasteiger partial charge is 0.409 e. The van der Waals surface area contributed by atoms with Crippen LogP contribution in [-0.4, -0.2) is 47.3 Å². The van der Waals surface area contributed by atoms with Crippen LogP contribution in [0.4, 0.5) is 4.79 Å².